The van der Waals surface area contributed by atoms with Crippen LogP contribution in [0.25, 0.3) is 0 Å². The molecule has 0 heterocycles. The molecule has 0 aliphatic rings. The number of nitrogens with two attached hydrogens (primary N) is 1. The fourth-order valence-electron chi connectivity index (χ4n) is 2.56. The zero-order valence-electron chi connectivity index (χ0n) is 14.6. The van der Waals surface area contributed by atoms with Crippen molar-refractivity contribution in [1.29, 1.82) is 0 Å². The summed E-state index contributed by atoms with van der Waals surface area (Å²) in [7, 11) is 0. The first-order chi connectivity index (χ1) is 11.7. The molecule has 0 bridgehead atoms. The maximum atomic E-state index is 12.1. The van der Waals surface area contributed by atoms with Crippen molar-refractivity contribution in [1.82, 2.24) is 0 Å². The molecule has 2 aromatic carbocycles. The number of halogens is 1. The number of anilines is 1. The molecule has 3 N–H and O–H groups in total. The van der Waals surface area contributed by atoms with Gasteiger partial charge in [0, 0.05) is 5.69 Å². The van der Waals surface area contributed by atoms with E-state index >= 15 is 0 Å². The Kier molecular flexibility index (Phi) is 10.3. The van der Waals surface area contributed by atoms with Crippen LogP contribution in [0.15, 0.2) is 54.6 Å². The Morgan fingerprint density at radius 1 is 1.08 bits per heavy atom. The van der Waals surface area contributed by atoms with E-state index in [4.69, 9.17) is 5.73 Å². The highest BCUT2D eigenvalue weighted by Gasteiger charge is 2.13. The molecule has 2 aromatic rings. The molecule has 2 rings (SSSR count). The molecule has 25 heavy (non-hydrogen) atoms. The van der Waals surface area contributed by atoms with Crippen LogP contribution in [0.4, 0.5) is 5.69 Å². The number of hydrogen-bond donors (Lipinski definition) is 2. The molecule has 0 aliphatic carbocycles. The summed E-state index contributed by atoms with van der Waals surface area (Å²) < 4.78 is 0. The standard InChI is InChI=1S/C20H26N2OS.ClH/c1-24-14-13-19(21)20(23)22-18-12-6-11-17(15-18)10-5-9-16-7-3-2-4-8-16;/h2-4,6-8,11-12,15,19H,5,9-10,13-14,21H2,1H3,(H,22,23);1H/t19-;/m0./s1. The molecule has 1 atom stereocenters. The predicted molar refractivity (Wildman–Crippen MR) is 112 cm³/mol. The van der Waals surface area contributed by atoms with Gasteiger partial charge in [-0.2, -0.15) is 11.8 Å². The number of rotatable bonds is 9. The number of carbonyl (C=O) groups excluding carboxylic acids is 1. The van der Waals surface area contributed by atoms with Gasteiger partial charge < -0.3 is 11.1 Å². The Balaban J connectivity index is 0.00000312. The van der Waals surface area contributed by atoms with E-state index in [1.807, 2.05) is 30.5 Å². The van der Waals surface area contributed by atoms with E-state index in [9.17, 15) is 4.79 Å². The van der Waals surface area contributed by atoms with Crippen LogP contribution in [-0.2, 0) is 17.6 Å². The second-order valence-corrected chi connectivity index (χ2v) is 6.90. The van der Waals surface area contributed by atoms with Crippen LogP contribution in [0.1, 0.15) is 24.0 Å². The van der Waals surface area contributed by atoms with Gasteiger partial charge in [0.05, 0.1) is 6.04 Å². The van der Waals surface area contributed by atoms with Gasteiger partial charge in [0.15, 0.2) is 0 Å². The summed E-state index contributed by atoms with van der Waals surface area (Å²) >= 11 is 1.70. The van der Waals surface area contributed by atoms with Crippen molar-refractivity contribution in [2.45, 2.75) is 31.7 Å². The maximum Gasteiger partial charge on any atom is 0.241 e. The highest BCUT2D eigenvalue weighted by Crippen LogP contribution is 2.14. The molecule has 0 saturated carbocycles. The fourth-order valence-corrected chi connectivity index (χ4v) is 3.05. The normalized spacial score (nSPS) is 11.4. The van der Waals surface area contributed by atoms with Crippen LogP contribution < -0.4 is 11.1 Å². The SMILES string of the molecule is CSCC[C@H](N)C(=O)Nc1cccc(CCCc2ccccc2)c1.Cl. The molecule has 3 nitrogen and oxygen atoms in total. The van der Waals surface area contributed by atoms with E-state index in [0.717, 1.165) is 30.7 Å². The Hall–Kier alpha value is -1.49. The van der Waals surface area contributed by atoms with Gasteiger partial charge in [0.2, 0.25) is 5.91 Å². The zero-order chi connectivity index (χ0) is 17.2. The minimum absolute atomic E-state index is 0. The molecular formula is C20H27ClN2OS. The molecule has 136 valence electrons. The lowest BCUT2D eigenvalue weighted by molar-refractivity contribution is -0.117. The maximum absolute atomic E-state index is 12.1. The number of hydrogen-bond acceptors (Lipinski definition) is 3. The lowest BCUT2D eigenvalue weighted by Gasteiger charge is -2.12. The summed E-state index contributed by atoms with van der Waals surface area (Å²) in [5.74, 6) is 0.791. The zero-order valence-corrected chi connectivity index (χ0v) is 16.2. The summed E-state index contributed by atoms with van der Waals surface area (Å²) in [6, 6.07) is 18.1. The van der Waals surface area contributed by atoms with Crippen molar-refractivity contribution in [2.75, 3.05) is 17.3 Å². The van der Waals surface area contributed by atoms with E-state index in [0.29, 0.717) is 6.42 Å². The van der Waals surface area contributed by atoms with Crippen molar-refractivity contribution in [3.63, 3.8) is 0 Å². The largest absolute Gasteiger partial charge is 0.325 e. The van der Waals surface area contributed by atoms with Crippen LogP contribution in [0.3, 0.4) is 0 Å². The molecule has 0 aromatic heterocycles. The lowest BCUT2D eigenvalue weighted by atomic mass is 10.0. The quantitative estimate of drug-likeness (QED) is 0.683. The van der Waals surface area contributed by atoms with Gasteiger partial charge in [-0.05, 0) is 61.0 Å². The van der Waals surface area contributed by atoms with E-state index < -0.39 is 6.04 Å². The number of aryl methyl sites for hydroxylation is 2. The summed E-state index contributed by atoms with van der Waals surface area (Å²) in [5, 5.41) is 2.93. The molecule has 5 heteroatoms. The van der Waals surface area contributed by atoms with E-state index in [2.05, 4.69) is 35.6 Å². The molecule has 1 amide bonds. The number of nitrogens with one attached hydrogen (secondary N) is 1. The van der Waals surface area contributed by atoms with E-state index in [1.54, 1.807) is 11.8 Å². The van der Waals surface area contributed by atoms with Crippen molar-refractivity contribution in [2.24, 2.45) is 5.73 Å². The molecule has 0 fully saturated rings. The minimum atomic E-state index is -0.445. The molecule has 0 saturated heterocycles. The van der Waals surface area contributed by atoms with Gasteiger partial charge in [-0.15, -0.1) is 12.4 Å². The number of benzene rings is 2. The third-order valence-electron chi connectivity index (χ3n) is 3.94. The smallest absolute Gasteiger partial charge is 0.241 e. The van der Waals surface area contributed by atoms with E-state index in [-0.39, 0.29) is 18.3 Å². The van der Waals surface area contributed by atoms with Crippen molar-refractivity contribution < 1.29 is 4.79 Å². The first kappa shape index (κ1) is 21.6. The Labute approximate surface area is 161 Å². The van der Waals surface area contributed by atoms with Crippen LogP contribution in [-0.4, -0.2) is 24.0 Å². The minimum Gasteiger partial charge on any atom is -0.325 e. The highest BCUT2D eigenvalue weighted by molar-refractivity contribution is 7.98. The van der Waals surface area contributed by atoms with Crippen molar-refractivity contribution >= 4 is 35.8 Å². The average Bonchev–Trinajstić information content (AvgIpc) is 2.61. The van der Waals surface area contributed by atoms with Crippen LogP contribution >= 0.6 is 24.2 Å². The van der Waals surface area contributed by atoms with E-state index in [1.165, 1.54) is 11.1 Å². The number of carbonyl (C=O) groups is 1. The Morgan fingerprint density at radius 2 is 1.76 bits per heavy atom. The monoisotopic (exact) mass is 378 g/mol. The number of amides is 1. The number of thioether (sulfide) groups is 1. The van der Waals surface area contributed by atoms with Crippen LogP contribution in [0.5, 0.6) is 0 Å². The second kappa shape index (κ2) is 12.0. The molecule has 0 aliphatic heterocycles. The average molecular weight is 379 g/mol. The second-order valence-electron chi connectivity index (χ2n) is 5.92. The summed E-state index contributed by atoms with van der Waals surface area (Å²) in [6.45, 7) is 0. The fraction of sp³-hybridized carbons (Fsp3) is 0.350. The van der Waals surface area contributed by atoms with Gasteiger partial charge in [0.1, 0.15) is 0 Å². The molecule has 0 unspecified atom stereocenters. The van der Waals surface area contributed by atoms with Crippen LogP contribution in [0, 0.1) is 0 Å². The Morgan fingerprint density at radius 3 is 2.48 bits per heavy atom. The third kappa shape index (κ3) is 7.95. The first-order valence-electron chi connectivity index (χ1n) is 8.37. The Bertz CT molecular complexity index is 637. The van der Waals surface area contributed by atoms with Gasteiger partial charge in [0.25, 0.3) is 0 Å². The third-order valence-corrected chi connectivity index (χ3v) is 4.58. The van der Waals surface area contributed by atoms with Gasteiger partial charge in [-0.25, -0.2) is 0 Å². The predicted octanol–water partition coefficient (Wildman–Crippen LogP) is 4.30. The summed E-state index contributed by atoms with van der Waals surface area (Å²) in [4.78, 5) is 12.1. The molecule has 0 radical (unpaired) electrons. The molecular weight excluding hydrogens is 352 g/mol. The van der Waals surface area contributed by atoms with Gasteiger partial charge >= 0.3 is 0 Å². The van der Waals surface area contributed by atoms with Crippen molar-refractivity contribution in [3.05, 3.63) is 65.7 Å². The first-order valence-corrected chi connectivity index (χ1v) is 9.76. The van der Waals surface area contributed by atoms with Gasteiger partial charge in [-0.1, -0.05) is 42.5 Å². The van der Waals surface area contributed by atoms with Gasteiger partial charge in [-0.3, -0.25) is 4.79 Å². The summed E-state index contributed by atoms with van der Waals surface area (Å²) in [5.41, 5.74) is 9.34. The highest BCUT2D eigenvalue weighted by atomic mass is 35.5. The van der Waals surface area contributed by atoms with Crippen molar-refractivity contribution in [3.8, 4) is 0 Å². The topological polar surface area (TPSA) is 55.1 Å². The molecule has 0 spiro atoms. The summed E-state index contributed by atoms with van der Waals surface area (Å²) in [6.07, 6.45) is 5.87. The lowest BCUT2D eigenvalue weighted by Crippen LogP contribution is -2.36. The van der Waals surface area contributed by atoms with Crippen LogP contribution in [0.2, 0.25) is 0 Å².